The van der Waals surface area contributed by atoms with Gasteiger partial charge >= 0.3 is 0 Å². The Hall–Kier alpha value is -1.87. The topological polar surface area (TPSA) is 83.0 Å². The predicted octanol–water partition coefficient (Wildman–Crippen LogP) is 1.96. The fourth-order valence-corrected chi connectivity index (χ4v) is 4.36. The molecule has 2 atom stereocenters. The molecule has 0 radical (unpaired) electrons. The van der Waals surface area contributed by atoms with Gasteiger partial charge in [-0.3, -0.25) is 0 Å². The monoisotopic (exact) mass is 414 g/mol. The lowest BCUT2D eigenvalue weighted by molar-refractivity contribution is 0.205. The van der Waals surface area contributed by atoms with Crippen LogP contribution in [0.2, 0.25) is 0 Å². The Morgan fingerprint density at radius 3 is 2.82 bits per heavy atom. The molecular formula is C19H31FN4O3S. The molecule has 2 rings (SSSR count). The van der Waals surface area contributed by atoms with Gasteiger partial charge in [-0.1, -0.05) is 13.0 Å². The van der Waals surface area contributed by atoms with E-state index in [1.54, 1.807) is 16.4 Å². The van der Waals surface area contributed by atoms with Crippen LogP contribution in [0.25, 0.3) is 0 Å². The summed E-state index contributed by atoms with van der Waals surface area (Å²) in [6.45, 7) is 6.12. The molecule has 0 aliphatic carbocycles. The van der Waals surface area contributed by atoms with Crippen LogP contribution in [0.15, 0.2) is 29.3 Å². The van der Waals surface area contributed by atoms with E-state index < -0.39 is 10.0 Å². The summed E-state index contributed by atoms with van der Waals surface area (Å²) in [6.07, 6.45) is 3.49. The largest absolute Gasteiger partial charge is 0.488 e. The summed E-state index contributed by atoms with van der Waals surface area (Å²) < 4.78 is 44.4. The van der Waals surface area contributed by atoms with Crippen LogP contribution in [0.1, 0.15) is 33.1 Å². The zero-order chi connectivity index (χ0) is 20.6. The lowest BCUT2D eigenvalue weighted by atomic mass is 10.2. The van der Waals surface area contributed by atoms with E-state index in [4.69, 9.17) is 4.74 Å². The van der Waals surface area contributed by atoms with Gasteiger partial charge in [-0.25, -0.2) is 17.8 Å². The number of nitrogens with one attached hydrogen (secondary N) is 2. The Morgan fingerprint density at radius 1 is 1.39 bits per heavy atom. The summed E-state index contributed by atoms with van der Waals surface area (Å²) >= 11 is 0. The third-order valence-corrected chi connectivity index (χ3v) is 5.94. The van der Waals surface area contributed by atoms with Crippen molar-refractivity contribution in [2.45, 2.75) is 45.3 Å². The second-order valence-corrected chi connectivity index (χ2v) is 8.81. The second kappa shape index (κ2) is 10.6. The molecule has 1 aromatic carbocycles. The van der Waals surface area contributed by atoms with Gasteiger partial charge in [0, 0.05) is 31.7 Å². The molecule has 1 fully saturated rings. The predicted molar refractivity (Wildman–Crippen MR) is 110 cm³/mol. The molecule has 28 heavy (non-hydrogen) atoms. The molecule has 1 aliphatic rings. The average Bonchev–Trinajstić information content (AvgIpc) is 3.12. The van der Waals surface area contributed by atoms with Crippen LogP contribution in [-0.2, 0) is 10.0 Å². The van der Waals surface area contributed by atoms with Crippen molar-refractivity contribution in [1.29, 1.82) is 0 Å². The van der Waals surface area contributed by atoms with Crippen molar-refractivity contribution >= 4 is 16.0 Å². The highest BCUT2D eigenvalue weighted by Gasteiger charge is 2.31. The van der Waals surface area contributed by atoms with Crippen molar-refractivity contribution in [3.05, 3.63) is 30.1 Å². The number of aliphatic imine (C=N–C) groups is 1. The summed E-state index contributed by atoms with van der Waals surface area (Å²) in [4.78, 5) is 4.56. The molecule has 0 bridgehead atoms. The number of hydrogen-bond acceptors (Lipinski definition) is 4. The molecular weight excluding hydrogens is 383 g/mol. The number of ether oxygens (including phenoxy) is 1. The van der Waals surface area contributed by atoms with E-state index >= 15 is 0 Å². The summed E-state index contributed by atoms with van der Waals surface area (Å²) in [5.41, 5.74) is 0. The average molecular weight is 415 g/mol. The van der Waals surface area contributed by atoms with Crippen LogP contribution in [-0.4, -0.2) is 63.3 Å². The van der Waals surface area contributed by atoms with Crippen molar-refractivity contribution in [3.63, 3.8) is 0 Å². The minimum absolute atomic E-state index is 0.0654. The first-order valence-corrected chi connectivity index (χ1v) is 11.6. The van der Waals surface area contributed by atoms with Gasteiger partial charge in [-0.05, 0) is 38.3 Å². The Morgan fingerprint density at radius 2 is 2.18 bits per heavy atom. The third-order valence-electron chi connectivity index (χ3n) is 4.61. The zero-order valence-electron chi connectivity index (χ0n) is 16.8. The van der Waals surface area contributed by atoms with Gasteiger partial charge in [0.1, 0.15) is 17.7 Å². The standard InChI is InChI=1S/C19H31FN4O3S/c1-4-17(27-18-10-6-8-15(20)12-18)14-23-19(21-5-2)22-13-16-9-7-11-24(16)28(3,25)26/h6,8,10,12,16-17H,4-5,7,9,11,13-14H2,1-3H3,(H2,21,22,23)/t16-,17?/m1/s1. The third kappa shape index (κ3) is 6.94. The van der Waals surface area contributed by atoms with Crippen molar-refractivity contribution in [3.8, 4) is 5.75 Å². The number of halogens is 1. The molecule has 9 heteroatoms. The van der Waals surface area contributed by atoms with E-state index in [1.165, 1.54) is 18.4 Å². The molecule has 1 aromatic rings. The van der Waals surface area contributed by atoms with E-state index in [-0.39, 0.29) is 18.0 Å². The number of benzene rings is 1. The van der Waals surface area contributed by atoms with E-state index in [2.05, 4.69) is 15.6 Å². The fourth-order valence-electron chi connectivity index (χ4n) is 3.18. The fraction of sp³-hybridized carbons (Fsp3) is 0.632. The van der Waals surface area contributed by atoms with Gasteiger partial charge in [0.25, 0.3) is 0 Å². The van der Waals surface area contributed by atoms with Gasteiger partial charge in [0.05, 0.1) is 12.8 Å². The molecule has 0 aromatic heterocycles. The quantitative estimate of drug-likeness (QED) is 0.477. The highest BCUT2D eigenvalue weighted by atomic mass is 32.2. The minimum Gasteiger partial charge on any atom is -0.488 e. The van der Waals surface area contributed by atoms with Crippen LogP contribution in [0, 0.1) is 5.82 Å². The Kier molecular flexibility index (Phi) is 8.50. The van der Waals surface area contributed by atoms with Crippen molar-refractivity contribution in [2.24, 2.45) is 4.99 Å². The molecule has 7 nitrogen and oxygen atoms in total. The summed E-state index contributed by atoms with van der Waals surface area (Å²) in [5, 5.41) is 6.40. The molecule has 158 valence electrons. The van der Waals surface area contributed by atoms with E-state index in [1.807, 2.05) is 13.8 Å². The summed E-state index contributed by atoms with van der Waals surface area (Å²) in [5.74, 6) is 0.761. The molecule has 1 aliphatic heterocycles. The van der Waals surface area contributed by atoms with Crippen LogP contribution >= 0.6 is 0 Å². The molecule has 1 unspecified atom stereocenters. The highest BCUT2D eigenvalue weighted by Crippen LogP contribution is 2.19. The smallest absolute Gasteiger partial charge is 0.211 e. The van der Waals surface area contributed by atoms with E-state index in [0.29, 0.717) is 37.9 Å². The number of hydrogen-bond donors (Lipinski definition) is 2. The zero-order valence-corrected chi connectivity index (χ0v) is 17.6. The Labute approximate surface area is 167 Å². The molecule has 1 heterocycles. The maximum atomic E-state index is 13.3. The van der Waals surface area contributed by atoms with Gasteiger partial charge in [0.15, 0.2) is 5.96 Å². The normalized spacial score (nSPS) is 19.4. The summed E-state index contributed by atoms with van der Waals surface area (Å²) in [7, 11) is -3.20. The lowest BCUT2D eigenvalue weighted by Gasteiger charge is -2.23. The second-order valence-electron chi connectivity index (χ2n) is 6.88. The van der Waals surface area contributed by atoms with Gasteiger partial charge in [-0.2, -0.15) is 4.31 Å². The first-order chi connectivity index (χ1) is 13.3. The van der Waals surface area contributed by atoms with Crippen molar-refractivity contribution in [1.82, 2.24) is 14.9 Å². The van der Waals surface area contributed by atoms with Crippen molar-refractivity contribution in [2.75, 3.05) is 32.4 Å². The molecule has 2 N–H and O–H groups in total. The number of guanidine groups is 1. The van der Waals surface area contributed by atoms with Crippen LogP contribution in [0.5, 0.6) is 5.75 Å². The van der Waals surface area contributed by atoms with Gasteiger partial charge in [-0.15, -0.1) is 0 Å². The molecule has 1 saturated heterocycles. The number of sulfonamides is 1. The van der Waals surface area contributed by atoms with Crippen LogP contribution in [0.3, 0.4) is 0 Å². The molecule has 0 amide bonds. The number of nitrogens with zero attached hydrogens (tertiary/aromatic N) is 2. The Balaban J connectivity index is 1.94. The van der Waals surface area contributed by atoms with Crippen LogP contribution in [0.4, 0.5) is 4.39 Å². The van der Waals surface area contributed by atoms with E-state index in [0.717, 1.165) is 19.3 Å². The number of rotatable bonds is 9. The first-order valence-electron chi connectivity index (χ1n) is 9.74. The highest BCUT2D eigenvalue weighted by molar-refractivity contribution is 7.88. The SMILES string of the molecule is CCNC(=NCC(CC)Oc1cccc(F)c1)NC[C@H]1CCCN1S(C)(=O)=O. The maximum Gasteiger partial charge on any atom is 0.211 e. The van der Waals surface area contributed by atoms with Gasteiger partial charge < -0.3 is 15.4 Å². The minimum atomic E-state index is -3.20. The molecule has 0 spiro atoms. The van der Waals surface area contributed by atoms with E-state index in [9.17, 15) is 12.8 Å². The molecule has 0 saturated carbocycles. The first kappa shape index (κ1) is 22.4. The maximum absolute atomic E-state index is 13.3. The summed E-state index contributed by atoms with van der Waals surface area (Å²) in [6, 6.07) is 6.00. The lowest BCUT2D eigenvalue weighted by Crippen LogP contribution is -2.46. The van der Waals surface area contributed by atoms with Crippen LogP contribution < -0.4 is 15.4 Å². The Bertz CT molecular complexity index is 757. The van der Waals surface area contributed by atoms with Crippen molar-refractivity contribution < 1.29 is 17.5 Å². The van der Waals surface area contributed by atoms with Gasteiger partial charge in [0.2, 0.25) is 10.0 Å².